The molecule has 1 aliphatic rings. The zero-order valence-corrected chi connectivity index (χ0v) is 3.87. The zero-order chi connectivity index (χ0) is 4.95. The van der Waals surface area contributed by atoms with Crippen LogP contribution in [0.1, 0.15) is 0 Å². The quantitative estimate of drug-likeness (QED) is 0.436. The standard InChI is InChI=1S/C5H6NO/c1-2-6-3-5-7-4-1/h1,3-5H,2H2. The summed E-state index contributed by atoms with van der Waals surface area (Å²) in [6.07, 6.45) is 5.10. The second-order valence-electron chi connectivity index (χ2n) is 1.16. The minimum absolute atomic E-state index is 0.733. The van der Waals surface area contributed by atoms with Gasteiger partial charge in [-0.15, -0.1) is 0 Å². The Morgan fingerprint density at radius 1 is 1.57 bits per heavy atom. The Morgan fingerprint density at radius 3 is 3.57 bits per heavy atom. The summed E-state index contributed by atoms with van der Waals surface area (Å²) < 4.78 is 4.74. The van der Waals surface area contributed by atoms with Gasteiger partial charge >= 0.3 is 0 Å². The molecule has 1 heterocycles. The van der Waals surface area contributed by atoms with Crippen molar-refractivity contribution >= 4 is 6.21 Å². The van der Waals surface area contributed by atoms with Crippen molar-refractivity contribution in [3.8, 4) is 0 Å². The maximum absolute atomic E-state index is 4.74. The molecule has 1 radical (unpaired) electrons. The first-order chi connectivity index (χ1) is 3.50. The van der Waals surface area contributed by atoms with Gasteiger partial charge < -0.3 is 4.74 Å². The van der Waals surface area contributed by atoms with E-state index < -0.39 is 0 Å². The van der Waals surface area contributed by atoms with E-state index in [0.717, 1.165) is 6.54 Å². The van der Waals surface area contributed by atoms with Gasteiger partial charge in [-0.05, 0) is 6.08 Å². The third kappa shape index (κ3) is 1.39. The lowest BCUT2D eigenvalue weighted by Crippen LogP contribution is -1.74. The van der Waals surface area contributed by atoms with Gasteiger partial charge in [-0.25, -0.2) is 0 Å². The smallest absolute Gasteiger partial charge is 0.174 e. The van der Waals surface area contributed by atoms with Gasteiger partial charge in [-0.3, -0.25) is 4.99 Å². The van der Waals surface area contributed by atoms with Gasteiger partial charge in [0.1, 0.15) is 0 Å². The maximum atomic E-state index is 4.74. The molecule has 0 amide bonds. The van der Waals surface area contributed by atoms with Crippen molar-refractivity contribution in [1.82, 2.24) is 0 Å². The van der Waals surface area contributed by atoms with Crippen LogP contribution in [0.3, 0.4) is 0 Å². The van der Waals surface area contributed by atoms with Gasteiger partial charge in [0.2, 0.25) is 0 Å². The highest BCUT2D eigenvalue weighted by Crippen LogP contribution is 1.86. The molecule has 2 nitrogen and oxygen atoms in total. The van der Waals surface area contributed by atoms with E-state index in [2.05, 4.69) is 4.99 Å². The van der Waals surface area contributed by atoms with Gasteiger partial charge in [0.25, 0.3) is 0 Å². The third-order valence-corrected chi connectivity index (χ3v) is 0.630. The van der Waals surface area contributed by atoms with E-state index in [4.69, 9.17) is 4.74 Å². The summed E-state index contributed by atoms with van der Waals surface area (Å²) in [7, 11) is 0. The number of nitrogens with zero attached hydrogens (tertiary/aromatic N) is 1. The van der Waals surface area contributed by atoms with Crippen LogP contribution in [0.4, 0.5) is 0 Å². The summed E-state index contributed by atoms with van der Waals surface area (Å²) in [5.74, 6) is 0. The van der Waals surface area contributed by atoms with Crippen LogP contribution < -0.4 is 0 Å². The molecule has 0 N–H and O–H groups in total. The summed E-state index contributed by atoms with van der Waals surface area (Å²) in [6.45, 7) is 2.28. The van der Waals surface area contributed by atoms with Crippen molar-refractivity contribution in [2.75, 3.05) is 6.54 Å². The van der Waals surface area contributed by atoms with E-state index in [1.807, 2.05) is 6.08 Å². The molecular weight excluding hydrogens is 90.1 g/mol. The van der Waals surface area contributed by atoms with Crippen molar-refractivity contribution in [2.24, 2.45) is 4.99 Å². The molecule has 1 rings (SSSR count). The molecule has 0 aromatic carbocycles. The van der Waals surface area contributed by atoms with E-state index in [1.165, 1.54) is 0 Å². The van der Waals surface area contributed by atoms with Crippen LogP contribution in [-0.2, 0) is 4.74 Å². The average Bonchev–Trinajstić information content (AvgIpc) is 1.90. The van der Waals surface area contributed by atoms with Crippen LogP contribution in [0.15, 0.2) is 17.3 Å². The Bertz CT molecular complexity index is 84.3. The maximum Gasteiger partial charge on any atom is 0.174 e. The highest BCUT2D eigenvalue weighted by atomic mass is 16.5. The Hall–Kier alpha value is -0.790. The van der Waals surface area contributed by atoms with Crippen LogP contribution in [0.25, 0.3) is 0 Å². The van der Waals surface area contributed by atoms with E-state index in [-0.39, 0.29) is 0 Å². The van der Waals surface area contributed by atoms with Crippen LogP contribution in [0.2, 0.25) is 0 Å². The number of ether oxygens (including phenoxy) is 1. The van der Waals surface area contributed by atoms with Crippen molar-refractivity contribution in [1.29, 1.82) is 0 Å². The molecule has 0 fully saturated rings. The monoisotopic (exact) mass is 96.0 g/mol. The Labute approximate surface area is 42.5 Å². The van der Waals surface area contributed by atoms with Gasteiger partial charge in [0.15, 0.2) is 6.61 Å². The molecule has 0 atom stereocenters. The summed E-state index contributed by atoms with van der Waals surface area (Å²) in [4.78, 5) is 3.88. The molecule has 0 saturated heterocycles. The van der Waals surface area contributed by atoms with E-state index >= 15 is 0 Å². The van der Waals surface area contributed by atoms with Crippen LogP contribution in [-0.4, -0.2) is 12.8 Å². The number of hydrogen-bond acceptors (Lipinski definition) is 2. The Kier molecular flexibility index (Phi) is 1.50. The molecular formula is C5H6NO. The van der Waals surface area contributed by atoms with Crippen molar-refractivity contribution < 1.29 is 4.74 Å². The van der Waals surface area contributed by atoms with Gasteiger partial charge in [-0.1, -0.05) is 0 Å². The molecule has 37 valence electrons. The number of rotatable bonds is 0. The van der Waals surface area contributed by atoms with Crippen LogP contribution in [0, 0.1) is 6.61 Å². The lowest BCUT2D eigenvalue weighted by molar-refractivity contribution is 0.371. The van der Waals surface area contributed by atoms with Crippen LogP contribution >= 0.6 is 0 Å². The normalized spacial score (nSPS) is 18.3. The molecule has 7 heavy (non-hydrogen) atoms. The number of aliphatic imine (C=N–C) groups is 1. The first kappa shape index (κ1) is 4.37. The molecule has 0 unspecified atom stereocenters. The van der Waals surface area contributed by atoms with E-state index in [9.17, 15) is 0 Å². The summed E-state index contributed by atoms with van der Waals surface area (Å²) in [5.41, 5.74) is 0. The fraction of sp³-hybridized carbons (Fsp3) is 0.200. The van der Waals surface area contributed by atoms with Gasteiger partial charge in [0.05, 0.1) is 12.8 Å². The molecule has 0 bridgehead atoms. The fourth-order valence-corrected chi connectivity index (χ4v) is 0.344. The van der Waals surface area contributed by atoms with Crippen molar-refractivity contribution in [2.45, 2.75) is 0 Å². The molecule has 0 saturated carbocycles. The largest absolute Gasteiger partial charge is 0.488 e. The number of hydrogen-bond donors (Lipinski definition) is 0. The van der Waals surface area contributed by atoms with Gasteiger partial charge in [0, 0.05) is 6.21 Å². The van der Waals surface area contributed by atoms with Crippen LogP contribution in [0.5, 0.6) is 0 Å². The minimum atomic E-state index is 0.733. The highest BCUT2D eigenvalue weighted by molar-refractivity contribution is 5.65. The van der Waals surface area contributed by atoms with Crippen molar-refractivity contribution in [3.63, 3.8) is 0 Å². The lowest BCUT2D eigenvalue weighted by Gasteiger charge is -1.83. The molecule has 0 spiro atoms. The Morgan fingerprint density at radius 2 is 2.57 bits per heavy atom. The SMILES string of the molecule is [CH]1C=NCC=CO1. The molecule has 0 aromatic rings. The van der Waals surface area contributed by atoms with Gasteiger partial charge in [-0.2, -0.15) is 0 Å². The zero-order valence-electron chi connectivity index (χ0n) is 3.87. The predicted molar refractivity (Wildman–Crippen MR) is 27.9 cm³/mol. The second-order valence-corrected chi connectivity index (χ2v) is 1.16. The summed E-state index contributed by atoms with van der Waals surface area (Å²) in [6, 6.07) is 0. The third-order valence-electron chi connectivity index (χ3n) is 0.630. The summed E-state index contributed by atoms with van der Waals surface area (Å²) >= 11 is 0. The fourth-order valence-electron chi connectivity index (χ4n) is 0.344. The topological polar surface area (TPSA) is 21.6 Å². The Balaban J connectivity index is 2.38. The predicted octanol–water partition coefficient (Wildman–Crippen LogP) is 0.763. The summed E-state index contributed by atoms with van der Waals surface area (Å²) in [5, 5.41) is 0. The van der Waals surface area contributed by atoms with E-state index in [0.29, 0.717) is 0 Å². The highest BCUT2D eigenvalue weighted by Gasteiger charge is 1.80. The van der Waals surface area contributed by atoms with Crippen molar-refractivity contribution in [3.05, 3.63) is 18.9 Å². The molecule has 1 aliphatic heterocycles. The molecule has 0 aromatic heterocycles. The first-order valence-electron chi connectivity index (χ1n) is 2.12. The lowest BCUT2D eigenvalue weighted by atomic mass is 10.6. The van der Waals surface area contributed by atoms with E-state index in [1.54, 1.807) is 19.1 Å². The second kappa shape index (κ2) is 2.39. The molecule has 0 aliphatic carbocycles. The first-order valence-corrected chi connectivity index (χ1v) is 2.12. The molecule has 2 heteroatoms. The minimum Gasteiger partial charge on any atom is -0.488 e. The average molecular weight is 96.1 g/mol.